The largest absolute Gasteiger partial charge is 0.353 e. The highest BCUT2D eigenvalue weighted by molar-refractivity contribution is 5.79. The number of piperazine rings is 1. The van der Waals surface area contributed by atoms with Crippen LogP contribution in [-0.4, -0.2) is 52.9 Å². The van der Waals surface area contributed by atoms with Crippen LogP contribution in [0.3, 0.4) is 0 Å². The molecule has 0 radical (unpaired) electrons. The molecule has 1 aromatic carbocycles. The lowest BCUT2D eigenvalue weighted by Gasteiger charge is -2.36. The maximum atomic E-state index is 12.9. The number of aryl methyl sites for hydroxylation is 1. The van der Waals surface area contributed by atoms with Crippen molar-refractivity contribution < 1.29 is 9.59 Å². The van der Waals surface area contributed by atoms with E-state index in [1.165, 1.54) is 6.92 Å². The van der Waals surface area contributed by atoms with Gasteiger partial charge in [0.1, 0.15) is 11.6 Å². The van der Waals surface area contributed by atoms with Gasteiger partial charge in [-0.05, 0) is 12.5 Å². The number of amides is 2. The third-order valence-corrected chi connectivity index (χ3v) is 5.29. The van der Waals surface area contributed by atoms with Gasteiger partial charge in [-0.1, -0.05) is 44.2 Å². The van der Waals surface area contributed by atoms with E-state index < -0.39 is 0 Å². The number of hydrogen-bond donors (Lipinski definition) is 1. The summed E-state index contributed by atoms with van der Waals surface area (Å²) >= 11 is 0. The lowest BCUT2D eigenvalue weighted by Crippen LogP contribution is -2.49. The van der Waals surface area contributed by atoms with Gasteiger partial charge in [0, 0.05) is 50.8 Å². The fourth-order valence-corrected chi connectivity index (χ4v) is 3.67. The second-order valence-corrected chi connectivity index (χ2v) is 8.12. The standard InChI is InChI=1S/C23H31N5O2/c1-16(2)23-24-17(3)14-21(26-23)27-10-12-28(13-11-27)22(30)15-20(25-18(4)29)19-8-6-5-7-9-19/h5-9,14,16,20H,10-13,15H2,1-4H3,(H,25,29). The molecule has 2 heterocycles. The quantitative estimate of drug-likeness (QED) is 0.794. The van der Waals surface area contributed by atoms with Gasteiger partial charge >= 0.3 is 0 Å². The molecule has 1 N–H and O–H groups in total. The number of carbonyl (C=O) groups excluding carboxylic acids is 2. The second kappa shape index (κ2) is 9.69. The molecule has 0 saturated carbocycles. The molecular formula is C23H31N5O2. The summed E-state index contributed by atoms with van der Waals surface area (Å²) in [5.41, 5.74) is 1.90. The highest BCUT2D eigenvalue weighted by atomic mass is 16.2. The highest BCUT2D eigenvalue weighted by Crippen LogP contribution is 2.21. The highest BCUT2D eigenvalue weighted by Gasteiger charge is 2.25. The van der Waals surface area contributed by atoms with Crippen LogP contribution in [0.2, 0.25) is 0 Å². The van der Waals surface area contributed by atoms with Crippen LogP contribution in [-0.2, 0) is 9.59 Å². The summed E-state index contributed by atoms with van der Waals surface area (Å²) in [6, 6.07) is 11.3. The van der Waals surface area contributed by atoms with Crippen molar-refractivity contribution >= 4 is 17.6 Å². The Balaban J connectivity index is 1.63. The first-order valence-corrected chi connectivity index (χ1v) is 10.5. The average molecular weight is 410 g/mol. The van der Waals surface area contributed by atoms with E-state index in [1.54, 1.807) is 0 Å². The first-order valence-electron chi connectivity index (χ1n) is 10.5. The lowest BCUT2D eigenvalue weighted by atomic mass is 10.0. The topological polar surface area (TPSA) is 78.4 Å². The Hall–Kier alpha value is -2.96. The maximum Gasteiger partial charge on any atom is 0.225 e. The van der Waals surface area contributed by atoms with Crippen molar-refractivity contribution in [3.8, 4) is 0 Å². The molecule has 7 heteroatoms. The number of benzene rings is 1. The number of carbonyl (C=O) groups is 2. The van der Waals surface area contributed by atoms with Crippen LogP contribution >= 0.6 is 0 Å². The molecule has 1 fully saturated rings. The van der Waals surface area contributed by atoms with Gasteiger partial charge in [0.2, 0.25) is 11.8 Å². The zero-order valence-electron chi connectivity index (χ0n) is 18.3. The molecule has 7 nitrogen and oxygen atoms in total. The Morgan fingerprint density at radius 1 is 1.07 bits per heavy atom. The number of nitrogens with zero attached hydrogens (tertiary/aromatic N) is 4. The molecule has 1 saturated heterocycles. The summed E-state index contributed by atoms with van der Waals surface area (Å²) in [6.45, 7) is 10.4. The number of rotatable bonds is 6. The molecule has 2 aromatic rings. The van der Waals surface area contributed by atoms with E-state index in [2.05, 4.69) is 29.0 Å². The van der Waals surface area contributed by atoms with Crippen molar-refractivity contribution in [1.29, 1.82) is 0 Å². The van der Waals surface area contributed by atoms with Gasteiger partial charge in [0.15, 0.2) is 0 Å². The Kier molecular flexibility index (Phi) is 7.03. The van der Waals surface area contributed by atoms with Gasteiger partial charge in [-0.2, -0.15) is 0 Å². The van der Waals surface area contributed by atoms with Crippen LogP contribution in [0.5, 0.6) is 0 Å². The Morgan fingerprint density at radius 3 is 2.33 bits per heavy atom. The van der Waals surface area contributed by atoms with Crippen LogP contribution in [0.1, 0.15) is 56.2 Å². The summed E-state index contributed by atoms with van der Waals surface area (Å²) in [7, 11) is 0. The van der Waals surface area contributed by atoms with Crippen molar-refractivity contribution in [1.82, 2.24) is 20.2 Å². The van der Waals surface area contributed by atoms with Crippen LogP contribution in [0, 0.1) is 6.92 Å². The lowest BCUT2D eigenvalue weighted by molar-refractivity contribution is -0.132. The van der Waals surface area contributed by atoms with Gasteiger partial charge in [0.25, 0.3) is 0 Å². The summed E-state index contributed by atoms with van der Waals surface area (Å²) in [6.07, 6.45) is 0.258. The van der Waals surface area contributed by atoms with Gasteiger partial charge in [-0.25, -0.2) is 9.97 Å². The van der Waals surface area contributed by atoms with Crippen LogP contribution in [0.15, 0.2) is 36.4 Å². The third-order valence-electron chi connectivity index (χ3n) is 5.29. The van der Waals surface area contributed by atoms with Crippen molar-refractivity contribution in [3.63, 3.8) is 0 Å². The monoisotopic (exact) mass is 409 g/mol. The van der Waals surface area contributed by atoms with E-state index >= 15 is 0 Å². The summed E-state index contributed by atoms with van der Waals surface area (Å²) < 4.78 is 0. The molecule has 1 aliphatic heterocycles. The molecule has 3 rings (SSSR count). The minimum Gasteiger partial charge on any atom is -0.353 e. The van der Waals surface area contributed by atoms with E-state index in [4.69, 9.17) is 4.98 Å². The molecule has 30 heavy (non-hydrogen) atoms. The van der Waals surface area contributed by atoms with Crippen molar-refractivity contribution in [2.75, 3.05) is 31.1 Å². The number of nitrogens with one attached hydrogen (secondary N) is 1. The number of anilines is 1. The molecule has 0 bridgehead atoms. The molecule has 1 aromatic heterocycles. The number of aromatic nitrogens is 2. The normalized spacial score (nSPS) is 15.2. The van der Waals surface area contributed by atoms with Gasteiger partial charge in [0.05, 0.1) is 12.5 Å². The van der Waals surface area contributed by atoms with Crippen LogP contribution < -0.4 is 10.2 Å². The van der Waals surface area contributed by atoms with Gasteiger partial charge in [-0.3, -0.25) is 9.59 Å². The van der Waals surface area contributed by atoms with Crippen molar-refractivity contribution in [2.45, 2.75) is 46.1 Å². The summed E-state index contributed by atoms with van der Waals surface area (Å²) in [5.74, 6) is 1.97. The fraction of sp³-hybridized carbons (Fsp3) is 0.478. The predicted octanol–water partition coefficient (Wildman–Crippen LogP) is 2.82. The van der Waals surface area contributed by atoms with E-state index in [-0.39, 0.29) is 30.2 Å². The summed E-state index contributed by atoms with van der Waals surface area (Å²) in [4.78, 5) is 37.9. The number of hydrogen-bond acceptors (Lipinski definition) is 5. The Bertz CT molecular complexity index is 876. The van der Waals surface area contributed by atoms with Crippen molar-refractivity contribution in [3.05, 3.63) is 53.5 Å². The van der Waals surface area contributed by atoms with E-state index in [0.717, 1.165) is 36.0 Å². The maximum absolute atomic E-state index is 12.9. The van der Waals surface area contributed by atoms with E-state index in [9.17, 15) is 9.59 Å². The first-order chi connectivity index (χ1) is 14.3. The van der Waals surface area contributed by atoms with Gasteiger partial charge < -0.3 is 15.1 Å². The molecule has 1 unspecified atom stereocenters. The Labute approximate surface area is 178 Å². The molecule has 2 amide bonds. The molecule has 160 valence electrons. The second-order valence-electron chi connectivity index (χ2n) is 8.12. The van der Waals surface area contributed by atoms with Crippen molar-refractivity contribution in [2.24, 2.45) is 0 Å². The fourth-order valence-electron chi connectivity index (χ4n) is 3.67. The van der Waals surface area contributed by atoms with Crippen LogP contribution in [0.4, 0.5) is 5.82 Å². The zero-order chi connectivity index (χ0) is 21.7. The molecule has 0 spiro atoms. The zero-order valence-corrected chi connectivity index (χ0v) is 18.3. The summed E-state index contributed by atoms with van der Waals surface area (Å²) in [5, 5.41) is 2.91. The molecule has 1 aliphatic rings. The molecule has 0 aliphatic carbocycles. The third kappa shape index (κ3) is 5.55. The smallest absolute Gasteiger partial charge is 0.225 e. The van der Waals surface area contributed by atoms with Crippen LogP contribution in [0.25, 0.3) is 0 Å². The minimum absolute atomic E-state index is 0.0546. The van der Waals surface area contributed by atoms with Gasteiger partial charge in [-0.15, -0.1) is 0 Å². The molecule has 1 atom stereocenters. The molecular weight excluding hydrogens is 378 g/mol. The average Bonchev–Trinajstić information content (AvgIpc) is 2.73. The van der Waals surface area contributed by atoms with E-state index in [1.807, 2.05) is 48.2 Å². The van der Waals surface area contributed by atoms with E-state index in [0.29, 0.717) is 13.1 Å². The Morgan fingerprint density at radius 2 is 1.73 bits per heavy atom. The predicted molar refractivity (Wildman–Crippen MR) is 117 cm³/mol. The first kappa shape index (κ1) is 21.7. The SMILES string of the molecule is CC(=O)NC(CC(=O)N1CCN(c2cc(C)nc(C(C)C)n2)CC1)c1ccccc1. The minimum atomic E-state index is -0.313.